The number of pyridine rings is 1. The van der Waals surface area contributed by atoms with E-state index in [1.165, 1.54) is 12.3 Å². The fourth-order valence-corrected chi connectivity index (χ4v) is 2.62. The molecule has 18 heavy (non-hydrogen) atoms. The lowest BCUT2D eigenvalue weighted by atomic mass is 10.1. The second-order valence-electron chi connectivity index (χ2n) is 4.16. The highest BCUT2D eigenvalue weighted by atomic mass is 32.1. The number of rotatable bonds is 5. The van der Waals surface area contributed by atoms with Gasteiger partial charge in [-0.2, -0.15) is 0 Å². The SMILES string of the molecule is CCC(NC(C)c1cncc(F)c1)c1nccs1. The third kappa shape index (κ3) is 3.11. The molecule has 0 aliphatic rings. The molecule has 0 radical (unpaired) electrons. The summed E-state index contributed by atoms with van der Waals surface area (Å²) in [5.41, 5.74) is 0.852. The van der Waals surface area contributed by atoms with E-state index in [0.717, 1.165) is 17.0 Å². The van der Waals surface area contributed by atoms with Gasteiger partial charge in [0, 0.05) is 23.8 Å². The van der Waals surface area contributed by atoms with Gasteiger partial charge >= 0.3 is 0 Å². The molecule has 5 heteroatoms. The zero-order valence-electron chi connectivity index (χ0n) is 10.4. The molecule has 0 spiro atoms. The van der Waals surface area contributed by atoms with Crippen LogP contribution >= 0.6 is 11.3 Å². The van der Waals surface area contributed by atoms with Gasteiger partial charge < -0.3 is 5.32 Å². The quantitative estimate of drug-likeness (QED) is 0.899. The maximum atomic E-state index is 13.1. The molecule has 96 valence electrons. The van der Waals surface area contributed by atoms with Gasteiger partial charge in [0.15, 0.2) is 0 Å². The number of aromatic nitrogens is 2. The monoisotopic (exact) mass is 265 g/mol. The van der Waals surface area contributed by atoms with Crippen LogP contribution in [-0.4, -0.2) is 9.97 Å². The molecule has 2 aromatic heterocycles. The van der Waals surface area contributed by atoms with E-state index in [2.05, 4.69) is 22.2 Å². The van der Waals surface area contributed by atoms with E-state index in [-0.39, 0.29) is 17.9 Å². The van der Waals surface area contributed by atoms with Gasteiger partial charge in [-0.05, 0) is 25.0 Å². The summed E-state index contributed by atoms with van der Waals surface area (Å²) in [4.78, 5) is 8.19. The van der Waals surface area contributed by atoms with Crippen LogP contribution in [0.4, 0.5) is 4.39 Å². The van der Waals surface area contributed by atoms with Crippen LogP contribution in [0.2, 0.25) is 0 Å². The lowest BCUT2D eigenvalue weighted by Gasteiger charge is -2.20. The zero-order valence-corrected chi connectivity index (χ0v) is 11.2. The average molecular weight is 265 g/mol. The van der Waals surface area contributed by atoms with Crippen LogP contribution < -0.4 is 5.32 Å². The van der Waals surface area contributed by atoms with Crippen molar-refractivity contribution in [3.63, 3.8) is 0 Å². The number of thiazole rings is 1. The van der Waals surface area contributed by atoms with Crippen molar-refractivity contribution in [2.24, 2.45) is 0 Å². The van der Waals surface area contributed by atoms with E-state index in [1.807, 2.05) is 12.3 Å². The van der Waals surface area contributed by atoms with E-state index in [0.29, 0.717) is 0 Å². The van der Waals surface area contributed by atoms with Crippen LogP contribution in [0.5, 0.6) is 0 Å². The largest absolute Gasteiger partial charge is 0.301 e. The van der Waals surface area contributed by atoms with Crippen molar-refractivity contribution in [2.45, 2.75) is 32.4 Å². The van der Waals surface area contributed by atoms with Gasteiger partial charge in [0.2, 0.25) is 0 Å². The Morgan fingerprint density at radius 2 is 2.28 bits per heavy atom. The number of nitrogens with one attached hydrogen (secondary N) is 1. The third-order valence-corrected chi connectivity index (χ3v) is 3.72. The molecule has 1 N–H and O–H groups in total. The minimum absolute atomic E-state index is 0.0436. The molecule has 0 aromatic carbocycles. The second-order valence-corrected chi connectivity index (χ2v) is 5.08. The molecule has 0 saturated heterocycles. The van der Waals surface area contributed by atoms with Gasteiger partial charge in [-0.1, -0.05) is 6.92 Å². The molecule has 0 saturated carbocycles. The molecule has 0 aliphatic heterocycles. The second kappa shape index (κ2) is 6.02. The Balaban J connectivity index is 2.08. The lowest BCUT2D eigenvalue weighted by molar-refractivity contribution is 0.452. The topological polar surface area (TPSA) is 37.8 Å². The Morgan fingerprint density at radius 3 is 2.89 bits per heavy atom. The van der Waals surface area contributed by atoms with E-state index in [1.54, 1.807) is 23.7 Å². The van der Waals surface area contributed by atoms with Crippen LogP contribution in [0, 0.1) is 5.82 Å². The molecule has 2 atom stereocenters. The van der Waals surface area contributed by atoms with Gasteiger partial charge in [0.1, 0.15) is 10.8 Å². The summed E-state index contributed by atoms with van der Waals surface area (Å²) in [7, 11) is 0. The first-order valence-electron chi connectivity index (χ1n) is 5.96. The number of halogens is 1. The maximum Gasteiger partial charge on any atom is 0.141 e. The van der Waals surface area contributed by atoms with Crippen molar-refractivity contribution < 1.29 is 4.39 Å². The fraction of sp³-hybridized carbons (Fsp3) is 0.385. The molecule has 3 nitrogen and oxygen atoms in total. The van der Waals surface area contributed by atoms with Crippen molar-refractivity contribution in [3.05, 3.63) is 46.4 Å². The Morgan fingerprint density at radius 1 is 1.44 bits per heavy atom. The van der Waals surface area contributed by atoms with Crippen LogP contribution in [0.25, 0.3) is 0 Å². The molecule has 0 amide bonds. The third-order valence-electron chi connectivity index (χ3n) is 2.83. The molecule has 2 heterocycles. The van der Waals surface area contributed by atoms with Gasteiger partial charge in [0.25, 0.3) is 0 Å². The van der Waals surface area contributed by atoms with Crippen molar-refractivity contribution in [3.8, 4) is 0 Å². The minimum atomic E-state index is -0.302. The highest BCUT2D eigenvalue weighted by Crippen LogP contribution is 2.23. The lowest BCUT2D eigenvalue weighted by Crippen LogP contribution is -2.24. The van der Waals surface area contributed by atoms with Crippen molar-refractivity contribution >= 4 is 11.3 Å². The predicted molar refractivity (Wildman–Crippen MR) is 70.9 cm³/mol. The van der Waals surface area contributed by atoms with E-state index in [9.17, 15) is 4.39 Å². The molecule has 2 aromatic rings. The Hall–Kier alpha value is -1.33. The van der Waals surface area contributed by atoms with Crippen LogP contribution in [0.15, 0.2) is 30.0 Å². The molecule has 2 rings (SSSR count). The van der Waals surface area contributed by atoms with Gasteiger partial charge in [-0.25, -0.2) is 9.37 Å². The first-order chi connectivity index (χ1) is 8.70. The van der Waals surface area contributed by atoms with Crippen LogP contribution in [0.3, 0.4) is 0 Å². The summed E-state index contributed by atoms with van der Waals surface area (Å²) >= 11 is 1.63. The first kappa shape index (κ1) is 13.1. The van der Waals surface area contributed by atoms with Crippen LogP contribution in [-0.2, 0) is 0 Å². The number of hydrogen-bond donors (Lipinski definition) is 1. The van der Waals surface area contributed by atoms with E-state index in [4.69, 9.17) is 0 Å². The smallest absolute Gasteiger partial charge is 0.141 e. The molecular formula is C13H16FN3S. The highest BCUT2D eigenvalue weighted by Gasteiger charge is 2.16. The highest BCUT2D eigenvalue weighted by molar-refractivity contribution is 7.09. The van der Waals surface area contributed by atoms with Gasteiger partial charge in [-0.15, -0.1) is 11.3 Å². The summed E-state index contributed by atoms with van der Waals surface area (Å²) < 4.78 is 13.1. The number of hydrogen-bond acceptors (Lipinski definition) is 4. The van der Waals surface area contributed by atoms with Crippen molar-refractivity contribution in [1.82, 2.24) is 15.3 Å². The van der Waals surface area contributed by atoms with Gasteiger partial charge in [0.05, 0.1) is 12.2 Å². The Kier molecular flexibility index (Phi) is 4.38. The Labute approximate surface area is 110 Å². The number of nitrogens with zero attached hydrogens (tertiary/aromatic N) is 2. The summed E-state index contributed by atoms with van der Waals surface area (Å²) in [6.45, 7) is 4.11. The van der Waals surface area contributed by atoms with Gasteiger partial charge in [-0.3, -0.25) is 4.98 Å². The average Bonchev–Trinajstić information content (AvgIpc) is 2.89. The molecule has 0 aliphatic carbocycles. The minimum Gasteiger partial charge on any atom is -0.301 e. The maximum absolute atomic E-state index is 13.1. The normalized spacial score (nSPS) is 14.4. The summed E-state index contributed by atoms with van der Waals surface area (Å²) in [6.07, 6.45) is 5.66. The summed E-state index contributed by atoms with van der Waals surface area (Å²) in [5.74, 6) is -0.302. The van der Waals surface area contributed by atoms with Crippen LogP contribution in [0.1, 0.15) is 42.9 Å². The molecule has 0 fully saturated rings. The van der Waals surface area contributed by atoms with E-state index >= 15 is 0 Å². The molecular weight excluding hydrogens is 249 g/mol. The first-order valence-corrected chi connectivity index (χ1v) is 6.84. The van der Waals surface area contributed by atoms with E-state index < -0.39 is 0 Å². The predicted octanol–water partition coefficient (Wildman–Crippen LogP) is 3.48. The standard InChI is InChI=1S/C13H16FN3S/c1-3-12(13-16-4-5-18-13)17-9(2)10-6-11(14)8-15-7-10/h4-9,12,17H,3H2,1-2H3. The zero-order chi connectivity index (χ0) is 13.0. The van der Waals surface area contributed by atoms with Crippen molar-refractivity contribution in [1.29, 1.82) is 0 Å². The molecule has 0 bridgehead atoms. The summed E-state index contributed by atoms with van der Waals surface area (Å²) in [5, 5.41) is 6.48. The Bertz CT molecular complexity index is 487. The summed E-state index contributed by atoms with van der Waals surface area (Å²) in [6, 6.07) is 1.75. The fourth-order valence-electron chi connectivity index (χ4n) is 1.83. The molecule has 2 unspecified atom stereocenters. The van der Waals surface area contributed by atoms with Crippen molar-refractivity contribution in [2.75, 3.05) is 0 Å².